The maximum Gasteiger partial charge on any atom is 0.246 e. The molecule has 0 unspecified atom stereocenters. The highest BCUT2D eigenvalue weighted by Crippen LogP contribution is 2.30. The molecule has 1 aromatic carbocycles. The number of hydrogen-bond acceptors (Lipinski definition) is 3. The Hall–Kier alpha value is -0.500. The minimum absolute atomic E-state index is 0.0278. The van der Waals surface area contributed by atoms with Crippen molar-refractivity contribution in [2.75, 3.05) is 7.05 Å². The fraction of sp³-hybridized carbons (Fsp3) is 0.571. The third kappa shape index (κ3) is 3.47. The third-order valence-electron chi connectivity index (χ3n) is 4.00. The molecule has 4 nitrogen and oxygen atoms in total. The first-order valence-corrected chi connectivity index (χ1v) is 9.18. The van der Waals surface area contributed by atoms with E-state index in [1.165, 1.54) is 23.5 Å². The summed E-state index contributed by atoms with van der Waals surface area (Å²) in [4.78, 5) is -0.381. The minimum atomic E-state index is -3.91. The third-order valence-corrected chi connectivity index (χ3v) is 6.36. The number of halogens is 2. The molecule has 0 radical (unpaired) electrons. The largest absolute Gasteiger partial charge is 0.392 e. The van der Waals surface area contributed by atoms with Gasteiger partial charge in [-0.1, -0.05) is 35.2 Å². The van der Waals surface area contributed by atoms with E-state index in [1.807, 2.05) is 0 Å². The van der Waals surface area contributed by atoms with Gasteiger partial charge in [-0.25, -0.2) is 12.8 Å². The van der Waals surface area contributed by atoms with Crippen LogP contribution in [0.3, 0.4) is 0 Å². The van der Waals surface area contributed by atoms with Gasteiger partial charge in [0.25, 0.3) is 0 Å². The van der Waals surface area contributed by atoms with Crippen LogP contribution >= 0.6 is 15.9 Å². The second-order valence-electron chi connectivity index (χ2n) is 5.35. The first kappa shape index (κ1) is 16.9. The van der Waals surface area contributed by atoms with Gasteiger partial charge in [0.15, 0.2) is 0 Å². The summed E-state index contributed by atoms with van der Waals surface area (Å²) in [6, 6.07) is 2.55. The lowest BCUT2D eigenvalue weighted by molar-refractivity contribution is 0.273. The Balaban J connectivity index is 2.41. The lowest BCUT2D eigenvalue weighted by Crippen LogP contribution is -2.38. The molecule has 7 heteroatoms. The van der Waals surface area contributed by atoms with Crippen LogP contribution in [-0.2, 0) is 16.6 Å². The number of sulfonamides is 1. The molecule has 1 aliphatic carbocycles. The monoisotopic (exact) mass is 379 g/mol. The van der Waals surface area contributed by atoms with Crippen LogP contribution in [0, 0.1) is 5.82 Å². The highest BCUT2D eigenvalue weighted by molar-refractivity contribution is 9.10. The van der Waals surface area contributed by atoms with Crippen molar-refractivity contribution in [3.63, 3.8) is 0 Å². The highest BCUT2D eigenvalue weighted by atomic mass is 79.9. The van der Waals surface area contributed by atoms with Crippen LogP contribution in [-0.4, -0.2) is 30.9 Å². The first-order valence-electron chi connectivity index (χ1n) is 6.94. The minimum Gasteiger partial charge on any atom is -0.392 e. The number of rotatable bonds is 4. The molecule has 0 aromatic heterocycles. The molecule has 1 fully saturated rings. The molecule has 0 saturated heterocycles. The standard InChI is InChI=1S/C14H19BrFNO3S/c1-17(12-5-3-2-4-6-12)21(19,20)13-8-11(15)7-10(9-18)14(13)16/h7-8,12,18H,2-6,9H2,1H3. The lowest BCUT2D eigenvalue weighted by Gasteiger charge is -2.30. The number of nitrogens with zero attached hydrogens (tertiary/aromatic N) is 1. The molecule has 21 heavy (non-hydrogen) atoms. The summed E-state index contributed by atoms with van der Waals surface area (Å²) < 4.78 is 41.3. The number of aliphatic hydroxyl groups is 1. The molecule has 1 saturated carbocycles. The van der Waals surface area contributed by atoms with Gasteiger partial charge in [0.1, 0.15) is 10.7 Å². The van der Waals surface area contributed by atoms with E-state index in [-0.39, 0.29) is 16.5 Å². The van der Waals surface area contributed by atoms with Crippen LogP contribution in [0.15, 0.2) is 21.5 Å². The van der Waals surface area contributed by atoms with Crippen molar-refractivity contribution in [3.8, 4) is 0 Å². The van der Waals surface area contributed by atoms with E-state index >= 15 is 0 Å². The smallest absolute Gasteiger partial charge is 0.246 e. The van der Waals surface area contributed by atoms with Gasteiger partial charge in [-0.05, 0) is 25.0 Å². The van der Waals surface area contributed by atoms with Gasteiger partial charge in [0.2, 0.25) is 10.0 Å². The highest BCUT2D eigenvalue weighted by Gasteiger charge is 2.32. The molecule has 2 rings (SSSR count). The maximum atomic E-state index is 14.3. The molecule has 0 bridgehead atoms. The van der Waals surface area contributed by atoms with Crippen LogP contribution in [0.25, 0.3) is 0 Å². The van der Waals surface area contributed by atoms with E-state index in [4.69, 9.17) is 5.11 Å². The van der Waals surface area contributed by atoms with Crippen molar-refractivity contribution in [3.05, 3.63) is 28.0 Å². The van der Waals surface area contributed by atoms with Crippen LogP contribution in [0.5, 0.6) is 0 Å². The zero-order valence-corrected chi connectivity index (χ0v) is 14.3. The molecule has 118 valence electrons. The van der Waals surface area contributed by atoms with Gasteiger partial charge >= 0.3 is 0 Å². The van der Waals surface area contributed by atoms with Crippen molar-refractivity contribution in [2.24, 2.45) is 0 Å². The van der Waals surface area contributed by atoms with Gasteiger partial charge in [-0.2, -0.15) is 4.31 Å². The summed E-state index contributed by atoms with van der Waals surface area (Å²) in [5.74, 6) is -0.872. The van der Waals surface area contributed by atoms with E-state index in [1.54, 1.807) is 0 Å². The molecule has 0 aliphatic heterocycles. The van der Waals surface area contributed by atoms with E-state index in [2.05, 4.69) is 15.9 Å². The quantitative estimate of drug-likeness (QED) is 0.874. The first-order chi connectivity index (χ1) is 9.87. The van der Waals surface area contributed by atoms with Gasteiger partial charge in [0.05, 0.1) is 6.61 Å². The summed E-state index contributed by atoms with van der Waals surface area (Å²) in [5.41, 5.74) is -0.0278. The molecule has 1 N–H and O–H groups in total. The zero-order valence-electron chi connectivity index (χ0n) is 11.8. The zero-order chi connectivity index (χ0) is 15.6. The predicted molar refractivity (Wildman–Crippen MR) is 81.8 cm³/mol. The van der Waals surface area contributed by atoms with Gasteiger partial charge in [0, 0.05) is 23.1 Å². The molecule has 0 heterocycles. The van der Waals surface area contributed by atoms with Crippen LogP contribution in [0.4, 0.5) is 4.39 Å². The van der Waals surface area contributed by atoms with Gasteiger partial charge in [-0.3, -0.25) is 0 Å². The Morgan fingerprint density at radius 3 is 2.52 bits per heavy atom. The summed E-state index contributed by atoms with van der Waals surface area (Å²) in [6.07, 6.45) is 4.71. The second-order valence-corrected chi connectivity index (χ2v) is 8.23. The Morgan fingerprint density at radius 1 is 1.33 bits per heavy atom. The van der Waals surface area contributed by atoms with Gasteiger partial charge < -0.3 is 5.11 Å². The topological polar surface area (TPSA) is 57.6 Å². The summed E-state index contributed by atoms with van der Waals surface area (Å²) in [7, 11) is -2.40. The fourth-order valence-electron chi connectivity index (χ4n) is 2.72. The molecule has 0 spiro atoms. The van der Waals surface area contributed by atoms with Crippen molar-refractivity contribution >= 4 is 26.0 Å². The maximum absolute atomic E-state index is 14.3. The van der Waals surface area contributed by atoms with Crippen molar-refractivity contribution in [2.45, 2.75) is 49.6 Å². The van der Waals surface area contributed by atoms with Crippen molar-refractivity contribution < 1.29 is 17.9 Å². The van der Waals surface area contributed by atoms with Gasteiger partial charge in [-0.15, -0.1) is 0 Å². The van der Waals surface area contributed by atoms with Crippen LogP contribution < -0.4 is 0 Å². The van der Waals surface area contributed by atoms with E-state index in [9.17, 15) is 12.8 Å². The van der Waals surface area contributed by atoms with Crippen LogP contribution in [0.2, 0.25) is 0 Å². The van der Waals surface area contributed by atoms with E-state index < -0.39 is 22.4 Å². The van der Waals surface area contributed by atoms with Crippen molar-refractivity contribution in [1.82, 2.24) is 4.31 Å². The van der Waals surface area contributed by atoms with E-state index in [0.29, 0.717) is 4.47 Å². The average molecular weight is 380 g/mol. The molecular weight excluding hydrogens is 361 g/mol. The molecule has 0 atom stereocenters. The van der Waals surface area contributed by atoms with Crippen LogP contribution in [0.1, 0.15) is 37.7 Å². The molecule has 1 aromatic rings. The van der Waals surface area contributed by atoms with Crippen molar-refractivity contribution in [1.29, 1.82) is 0 Å². The number of hydrogen-bond donors (Lipinski definition) is 1. The summed E-state index contributed by atoms with van der Waals surface area (Å²) >= 11 is 3.16. The Bertz CT molecular complexity index is 615. The number of aliphatic hydroxyl groups excluding tert-OH is 1. The average Bonchev–Trinajstić information content (AvgIpc) is 2.49. The van der Waals surface area contributed by atoms with E-state index in [0.717, 1.165) is 32.1 Å². The predicted octanol–water partition coefficient (Wildman–Crippen LogP) is 3.03. The fourth-order valence-corrected chi connectivity index (χ4v) is 4.92. The normalized spacial score (nSPS) is 17.4. The lowest BCUT2D eigenvalue weighted by atomic mass is 9.96. The summed E-state index contributed by atoms with van der Waals surface area (Å²) in [5, 5.41) is 9.15. The number of benzene rings is 1. The Kier molecular flexibility index (Phi) is 5.40. The molecular formula is C14H19BrFNO3S. The Morgan fingerprint density at radius 2 is 1.95 bits per heavy atom. The second kappa shape index (κ2) is 6.73. The molecule has 0 amide bonds. The molecule has 1 aliphatic rings. The SMILES string of the molecule is CN(C1CCCCC1)S(=O)(=O)c1cc(Br)cc(CO)c1F. The Labute approximate surface area is 133 Å². The summed E-state index contributed by atoms with van der Waals surface area (Å²) in [6.45, 7) is -0.541.